The number of imidazole rings is 1. The molecule has 0 aliphatic carbocycles. The van der Waals surface area contributed by atoms with Crippen molar-refractivity contribution in [2.24, 2.45) is 0 Å². The molecule has 0 bridgehead atoms. The number of thioether (sulfide) groups is 1. The van der Waals surface area contributed by atoms with Gasteiger partial charge < -0.3 is 10.3 Å². The minimum atomic E-state index is 0.456. The van der Waals surface area contributed by atoms with E-state index in [4.69, 9.17) is 5.73 Å². The van der Waals surface area contributed by atoms with E-state index in [0.717, 1.165) is 35.9 Å². The Morgan fingerprint density at radius 2 is 2.13 bits per heavy atom. The second kappa shape index (κ2) is 7.00. The average molecular weight is 327 g/mol. The SMILES string of the molecule is CCCCSc1nc(N)c2ncn(Cc3cccc(C)c3)c2n1. The lowest BCUT2D eigenvalue weighted by molar-refractivity contribution is 0.803. The predicted octanol–water partition coefficient (Wildman–Crippen LogP) is 3.66. The van der Waals surface area contributed by atoms with E-state index < -0.39 is 0 Å². The molecular formula is C17H21N5S. The first kappa shape index (κ1) is 15.8. The number of benzene rings is 1. The smallest absolute Gasteiger partial charge is 0.191 e. The van der Waals surface area contributed by atoms with Crippen LogP contribution in [-0.2, 0) is 6.54 Å². The Hall–Kier alpha value is -2.08. The molecular weight excluding hydrogens is 306 g/mol. The zero-order valence-corrected chi connectivity index (χ0v) is 14.3. The third kappa shape index (κ3) is 3.64. The lowest BCUT2D eigenvalue weighted by atomic mass is 10.1. The van der Waals surface area contributed by atoms with Crippen LogP contribution in [0.15, 0.2) is 35.7 Å². The van der Waals surface area contributed by atoms with Crippen LogP contribution in [0.4, 0.5) is 5.82 Å². The Labute approximate surface area is 140 Å². The molecule has 5 nitrogen and oxygen atoms in total. The quantitative estimate of drug-likeness (QED) is 0.425. The monoisotopic (exact) mass is 327 g/mol. The van der Waals surface area contributed by atoms with Crippen molar-refractivity contribution in [3.63, 3.8) is 0 Å². The highest BCUT2D eigenvalue weighted by molar-refractivity contribution is 7.99. The van der Waals surface area contributed by atoms with Crippen molar-refractivity contribution in [2.75, 3.05) is 11.5 Å². The van der Waals surface area contributed by atoms with Gasteiger partial charge in [0.15, 0.2) is 16.6 Å². The first-order chi connectivity index (χ1) is 11.2. The van der Waals surface area contributed by atoms with Crippen LogP contribution < -0.4 is 5.73 Å². The van der Waals surface area contributed by atoms with Gasteiger partial charge in [-0.25, -0.2) is 15.0 Å². The Balaban J connectivity index is 1.91. The number of unbranched alkanes of at least 4 members (excludes halogenated alkanes) is 1. The van der Waals surface area contributed by atoms with Gasteiger partial charge in [-0.15, -0.1) is 0 Å². The van der Waals surface area contributed by atoms with Gasteiger partial charge in [-0.05, 0) is 18.9 Å². The third-order valence-corrected chi connectivity index (χ3v) is 4.57. The van der Waals surface area contributed by atoms with E-state index in [1.165, 1.54) is 11.1 Å². The minimum Gasteiger partial charge on any atom is -0.382 e. The van der Waals surface area contributed by atoms with E-state index >= 15 is 0 Å². The van der Waals surface area contributed by atoms with Gasteiger partial charge in [0.1, 0.15) is 5.52 Å². The number of aryl methyl sites for hydroxylation is 1. The predicted molar refractivity (Wildman–Crippen MR) is 95.6 cm³/mol. The molecule has 3 rings (SSSR count). The lowest BCUT2D eigenvalue weighted by Crippen LogP contribution is -2.02. The molecule has 0 fully saturated rings. The van der Waals surface area contributed by atoms with Crippen molar-refractivity contribution in [3.05, 3.63) is 41.7 Å². The molecule has 0 radical (unpaired) electrons. The summed E-state index contributed by atoms with van der Waals surface area (Å²) in [6.07, 6.45) is 4.10. The zero-order chi connectivity index (χ0) is 16.2. The van der Waals surface area contributed by atoms with Crippen molar-refractivity contribution in [2.45, 2.75) is 38.4 Å². The Morgan fingerprint density at radius 1 is 1.26 bits per heavy atom. The summed E-state index contributed by atoms with van der Waals surface area (Å²) in [7, 11) is 0. The number of hydrogen-bond donors (Lipinski definition) is 1. The molecule has 6 heteroatoms. The maximum atomic E-state index is 6.05. The zero-order valence-electron chi connectivity index (χ0n) is 13.5. The van der Waals surface area contributed by atoms with Crippen LogP contribution in [0.25, 0.3) is 11.2 Å². The number of nitrogens with two attached hydrogens (primary N) is 1. The number of nitrogens with zero attached hydrogens (tertiary/aromatic N) is 4. The van der Waals surface area contributed by atoms with Gasteiger partial charge in [0.25, 0.3) is 0 Å². The van der Waals surface area contributed by atoms with Gasteiger partial charge in [-0.3, -0.25) is 0 Å². The number of rotatable bonds is 6. The van der Waals surface area contributed by atoms with Crippen LogP contribution in [0, 0.1) is 6.92 Å². The van der Waals surface area contributed by atoms with Crippen LogP contribution in [0.5, 0.6) is 0 Å². The molecule has 2 heterocycles. The normalized spacial score (nSPS) is 11.2. The molecule has 120 valence electrons. The van der Waals surface area contributed by atoms with Gasteiger partial charge in [-0.2, -0.15) is 0 Å². The molecule has 23 heavy (non-hydrogen) atoms. The summed E-state index contributed by atoms with van der Waals surface area (Å²) in [6, 6.07) is 8.45. The summed E-state index contributed by atoms with van der Waals surface area (Å²) in [5, 5.41) is 0.731. The number of fused-ring (bicyclic) bond motifs is 1. The fourth-order valence-corrected chi connectivity index (χ4v) is 3.37. The molecule has 0 unspecified atom stereocenters. The standard InChI is InChI=1S/C17H21N5S/c1-3-4-8-23-17-20-15(18)14-16(21-17)22(11-19-14)10-13-7-5-6-12(2)9-13/h5-7,9,11H,3-4,8,10H2,1-2H3,(H2,18,20,21). The molecule has 3 aromatic rings. The minimum absolute atomic E-state index is 0.456. The Morgan fingerprint density at radius 3 is 2.91 bits per heavy atom. The second-order valence-corrected chi connectivity index (χ2v) is 6.69. The Kier molecular flexibility index (Phi) is 4.81. The van der Waals surface area contributed by atoms with Crippen molar-refractivity contribution >= 4 is 28.7 Å². The van der Waals surface area contributed by atoms with Crippen molar-refractivity contribution < 1.29 is 0 Å². The molecule has 0 saturated heterocycles. The number of nitrogen functional groups attached to an aromatic ring is 1. The fraction of sp³-hybridized carbons (Fsp3) is 0.353. The fourth-order valence-electron chi connectivity index (χ4n) is 2.44. The Bertz CT molecular complexity index is 812. The van der Waals surface area contributed by atoms with Gasteiger partial charge >= 0.3 is 0 Å². The molecule has 1 aromatic carbocycles. The second-order valence-electron chi connectivity index (χ2n) is 5.63. The maximum absolute atomic E-state index is 6.05. The highest BCUT2D eigenvalue weighted by atomic mass is 32.2. The van der Waals surface area contributed by atoms with Crippen molar-refractivity contribution in [3.8, 4) is 0 Å². The summed E-state index contributed by atoms with van der Waals surface area (Å²) in [4.78, 5) is 13.4. The summed E-state index contributed by atoms with van der Waals surface area (Å²) >= 11 is 1.65. The summed E-state index contributed by atoms with van der Waals surface area (Å²) in [5.74, 6) is 1.46. The van der Waals surface area contributed by atoms with Gasteiger partial charge in [0, 0.05) is 5.75 Å². The molecule has 0 atom stereocenters. The highest BCUT2D eigenvalue weighted by Gasteiger charge is 2.12. The number of hydrogen-bond acceptors (Lipinski definition) is 5. The number of anilines is 1. The maximum Gasteiger partial charge on any atom is 0.191 e. The molecule has 0 aliphatic rings. The summed E-state index contributed by atoms with van der Waals surface area (Å²) < 4.78 is 2.03. The van der Waals surface area contributed by atoms with Crippen molar-refractivity contribution in [1.82, 2.24) is 19.5 Å². The summed E-state index contributed by atoms with van der Waals surface area (Å²) in [5.41, 5.74) is 10.0. The van der Waals surface area contributed by atoms with Crippen LogP contribution in [0.1, 0.15) is 30.9 Å². The molecule has 0 saturated carbocycles. The van der Waals surface area contributed by atoms with Gasteiger partial charge in [0.05, 0.1) is 12.9 Å². The molecule has 0 spiro atoms. The van der Waals surface area contributed by atoms with Crippen molar-refractivity contribution in [1.29, 1.82) is 0 Å². The van der Waals surface area contributed by atoms with E-state index in [1.807, 2.05) is 4.57 Å². The molecule has 0 amide bonds. The van der Waals surface area contributed by atoms with Crippen LogP contribution in [-0.4, -0.2) is 25.3 Å². The largest absolute Gasteiger partial charge is 0.382 e. The van der Waals surface area contributed by atoms with Gasteiger partial charge in [0.2, 0.25) is 0 Å². The topological polar surface area (TPSA) is 69.6 Å². The third-order valence-electron chi connectivity index (χ3n) is 3.63. The van der Waals surface area contributed by atoms with E-state index in [-0.39, 0.29) is 0 Å². The van der Waals surface area contributed by atoms with Crippen LogP contribution in [0.3, 0.4) is 0 Å². The molecule has 2 aromatic heterocycles. The van der Waals surface area contributed by atoms with E-state index in [9.17, 15) is 0 Å². The van der Waals surface area contributed by atoms with E-state index in [0.29, 0.717) is 11.3 Å². The van der Waals surface area contributed by atoms with Crippen LogP contribution >= 0.6 is 11.8 Å². The lowest BCUT2D eigenvalue weighted by Gasteiger charge is -2.06. The van der Waals surface area contributed by atoms with E-state index in [2.05, 4.69) is 53.1 Å². The van der Waals surface area contributed by atoms with Gasteiger partial charge in [-0.1, -0.05) is 54.9 Å². The average Bonchev–Trinajstić information content (AvgIpc) is 2.91. The first-order valence-corrected chi connectivity index (χ1v) is 8.82. The number of aromatic nitrogens is 4. The molecule has 2 N–H and O–H groups in total. The first-order valence-electron chi connectivity index (χ1n) is 7.84. The van der Waals surface area contributed by atoms with Crippen LogP contribution in [0.2, 0.25) is 0 Å². The summed E-state index contributed by atoms with van der Waals surface area (Å²) in [6.45, 7) is 5.00. The molecule has 0 aliphatic heterocycles. The highest BCUT2D eigenvalue weighted by Crippen LogP contribution is 2.23. The van der Waals surface area contributed by atoms with E-state index in [1.54, 1.807) is 18.1 Å².